The lowest BCUT2D eigenvalue weighted by Crippen LogP contribution is -2.31. The van der Waals surface area contributed by atoms with Gasteiger partial charge < -0.3 is 19.1 Å². The van der Waals surface area contributed by atoms with Crippen LogP contribution in [-0.2, 0) is 6.18 Å². The summed E-state index contributed by atoms with van der Waals surface area (Å²) < 4.78 is 56.4. The number of benzene rings is 2. The fraction of sp³-hybridized carbons (Fsp3) is 0.273. The van der Waals surface area contributed by atoms with Crippen molar-refractivity contribution in [3.05, 3.63) is 66.0 Å². The molecule has 0 atom stereocenters. The van der Waals surface area contributed by atoms with Crippen molar-refractivity contribution in [1.82, 2.24) is 14.7 Å². The number of hydrogen-bond donors (Lipinski definition) is 0. The van der Waals surface area contributed by atoms with E-state index >= 15 is 0 Å². The summed E-state index contributed by atoms with van der Waals surface area (Å²) in [6.07, 6.45) is -3.13. The molecule has 0 aliphatic carbocycles. The Morgan fingerprint density at radius 2 is 1.72 bits per heavy atom. The molecule has 0 aliphatic rings. The number of carbonyl (C=O) groups excluding carboxylic acids is 1. The summed E-state index contributed by atoms with van der Waals surface area (Å²) in [7, 11) is 4.45. The molecule has 3 rings (SSSR count). The SMILES string of the molecule is COc1ccccc1OCCN(C)C(=O)c1nn(-c2cccc(C(F)(F)F)c2)cc1OC. The van der Waals surface area contributed by atoms with Crippen molar-refractivity contribution in [2.75, 3.05) is 34.4 Å². The Morgan fingerprint density at radius 3 is 2.38 bits per heavy atom. The summed E-state index contributed by atoms with van der Waals surface area (Å²) in [5, 5.41) is 4.16. The topological polar surface area (TPSA) is 65.8 Å². The highest BCUT2D eigenvalue weighted by atomic mass is 19.4. The zero-order valence-electron chi connectivity index (χ0n) is 17.7. The zero-order valence-corrected chi connectivity index (χ0v) is 17.7. The Labute approximate surface area is 182 Å². The molecule has 0 saturated carbocycles. The largest absolute Gasteiger partial charge is 0.493 e. The fourth-order valence-corrected chi connectivity index (χ4v) is 2.93. The van der Waals surface area contributed by atoms with Gasteiger partial charge in [0.2, 0.25) is 0 Å². The smallest absolute Gasteiger partial charge is 0.416 e. The number of hydrogen-bond acceptors (Lipinski definition) is 5. The predicted molar refractivity (Wildman–Crippen MR) is 111 cm³/mol. The van der Waals surface area contributed by atoms with Gasteiger partial charge in [-0.25, -0.2) is 4.68 Å². The average molecular weight is 449 g/mol. The predicted octanol–water partition coefficient (Wildman–Crippen LogP) is 4.06. The number of aromatic nitrogens is 2. The molecule has 0 aliphatic heterocycles. The molecule has 0 fully saturated rings. The molecule has 10 heteroatoms. The van der Waals surface area contributed by atoms with Crippen molar-refractivity contribution < 1.29 is 32.2 Å². The molecule has 0 bridgehead atoms. The lowest BCUT2D eigenvalue weighted by atomic mass is 10.2. The molecule has 3 aromatic rings. The third-order valence-electron chi connectivity index (χ3n) is 4.64. The number of likely N-dealkylation sites (N-methyl/N-ethyl adjacent to an activating group) is 1. The van der Waals surface area contributed by atoms with Crippen LogP contribution in [0.25, 0.3) is 5.69 Å². The maximum absolute atomic E-state index is 13.0. The van der Waals surface area contributed by atoms with Gasteiger partial charge in [-0.15, -0.1) is 0 Å². The molecule has 0 radical (unpaired) electrons. The van der Waals surface area contributed by atoms with E-state index in [2.05, 4.69) is 5.10 Å². The van der Waals surface area contributed by atoms with E-state index in [-0.39, 0.29) is 30.3 Å². The first-order chi connectivity index (χ1) is 15.2. The highest BCUT2D eigenvalue weighted by Gasteiger charge is 2.31. The summed E-state index contributed by atoms with van der Waals surface area (Å²) in [6, 6.07) is 11.8. The number of rotatable bonds is 8. The average Bonchev–Trinajstić information content (AvgIpc) is 3.23. The number of methoxy groups -OCH3 is 2. The molecular weight excluding hydrogens is 427 g/mol. The number of nitrogens with zero attached hydrogens (tertiary/aromatic N) is 3. The highest BCUT2D eigenvalue weighted by molar-refractivity contribution is 5.94. The quantitative estimate of drug-likeness (QED) is 0.519. The first-order valence-corrected chi connectivity index (χ1v) is 9.57. The zero-order chi connectivity index (χ0) is 23.3. The minimum absolute atomic E-state index is 0.0234. The molecular formula is C22H22F3N3O4. The first-order valence-electron chi connectivity index (χ1n) is 9.57. The van der Waals surface area contributed by atoms with Gasteiger partial charge in [-0.1, -0.05) is 18.2 Å². The van der Waals surface area contributed by atoms with E-state index in [0.717, 1.165) is 12.1 Å². The van der Waals surface area contributed by atoms with Crippen LogP contribution in [0.5, 0.6) is 17.2 Å². The summed E-state index contributed by atoms with van der Waals surface area (Å²) in [6.45, 7) is 0.426. The van der Waals surface area contributed by atoms with E-state index in [1.165, 1.54) is 42.1 Å². The van der Waals surface area contributed by atoms with E-state index < -0.39 is 17.6 Å². The Morgan fingerprint density at radius 1 is 1.03 bits per heavy atom. The summed E-state index contributed by atoms with van der Waals surface area (Å²) in [4.78, 5) is 14.3. The van der Waals surface area contributed by atoms with Gasteiger partial charge in [-0.3, -0.25) is 4.79 Å². The Balaban J connectivity index is 1.73. The molecule has 7 nitrogen and oxygen atoms in total. The van der Waals surface area contributed by atoms with Crippen LogP contribution in [0.4, 0.5) is 13.2 Å². The van der Waals surface area contributed by atoms with Crippen LogP contribution in [0.1, 0.15) is 16.1 Å². The standard InChI is InChI=1S/C22H22F3N3O4/c1-27(11-12-32-18-10-5-4-9-17(18)30-2)21(29)20-19(31-3)14-28(26-20)16-8-6-7-15(13-16)22(23,24)25/h4-10,13-14H,11-12H2,1-3H3. The number of halogens is 3. The van der Waals surface area contributed by atoms with Crippen LogP contribution in [-0.4, -0.2) is 55.0 Å². The third kappa shape index (κ3) is 5.13. The maximum atomic E-state index is 13.0. The van der Waals surface area contributed by atoms with Crippen LogP contribution >= 0.6 is 0 Å². The molecule has 1 amide bonds. The summed E-state index contributed by atoms with van der Waals surface area (Å²) >= 11 is 0. The van der Waals surface area contributed by atoms with Crippen LogP contribution in [0, 0.1) is 0 Å². The van der Waals surface area contributed by atoms with Crippen molar-refractivity contribution in [2.45, 2.75) is 6.18 Å². The lowest BCUT2D eigenvalue weighted by molar-refractivity contribution is -0.137. The second-order valence-corrected chi connectivity index (χ2v) is 6.76. The number of alkyl halides is 3. The van der Waals surface area contributed by atoms with Crippen molar-refractivity contribution >= 4 is 5.91 Å². The summed E-state index contributed by atoms with van der Waals surface area (Å²) in [5.74, 6) is 0.798. The van der Waals surface area contributed by atoms with E-state index in [4.69, 9.17) is 14.2 Å². The van der Waals surface area contributed by atoms with Crippen LogP contribution in [0.15, 0.2) is 54.7 Å². The number of para-hydroxylation sites is 2. The Hall–Kier alpha value is -3.69. The van der Waals surface area contributed by atoms with Crippen molar-refractivity contribution in [1.29, 1.82) is 0 Å². The number of amides is 1. The van der Waals surface area contributed by atoms with Crippen molar-refractivity contribution in [3.8, 4) is 22.9 Å². The van der Waals surface area contributed by atoms with Gasteiger partial charge in [0, 0.05) is 7.05 Å². The molecule has 32 heavy (non-hydrogen) atoms. The van der Waals surface area contributed by atoms with Gasteiger partial charge in [0.25, 0.3) is 5.91 Å². The second-order valence-electron chi connectivity index (χ2n) is 6.76. The van der Waals surface area contributed by atoms with Gasteiger partial charge in [0.1, 0.15) is 6.61 Å². The monoisotopic (exact) mass is 449 g/mol. The van der Waals surface area contributed by atoms with Crippen molar-refractivity contribution in [3.63, 3.8) is 0 Å². The van der Waals surface area contributed by atoms with Crippen molar-refractivity contribution in [2.24, 2.45) is 0 Å². The van der Waals surface area contributed by atoms with E-state index in [1.54, 1.807) is 25.2 Å². The highest BCUT2D eigenvalue weighted by Crippen LogP contribution is 2.31. The minimum atomic E-state index is -4.49. The van der Waals surface area contributed by atoms with Crippen LogP contribution < -0.4 is 14.2 Å². The Bertz CT molecular complexity index is 1080. The van der Waals surface area contributed by atoms with E-state index in [9.17, 15) is 18.0 Å². The molecule has 0 spiro atoms. The first kappa shape index (κ1) is 23.0. The second kappa shape index (κ2) is 9.63. The molecule has 170 valence electrons. The molecule has 0 N–H and O–H groups in total. The van der Waals surface area contributed by atoms with Gasteiger partial charge in [-0.2, -0.15) is 18.3 Å². The van der Waals surface area contributed by atoms with E-state index in [1.807, 2.05) is 6.07 Å². The fourth-order valence-electron chi connectivity index (χ4n) is 2.93. The Kier molecular flexibility index (Phi) is 6.92. The molecule has 1 heterocycles. The molecule has 0 saturated heterocycles. The van der Waals surface area contributed by atoms with Gasteiger partial charge in [-0.05, 0) is 30.3 Å². The maximum Gasteiger partial charge on any atom is 0.416 e. The van der Waals surface area contributed by atoms with Gasteiger partial charge >= 0.3 is 6.18 Å². The molecule has 1 aromatic heterocycles. The van der Waals surface area contributed by atoms with Crippen LogP contribution in [0.3, 0.4) is 0 Å². The van der Waals surface area contributed by atoms with Crippen LogP contribution in [0.2, 0.25) is 0 Å². The minimum Gasteiger partial charge on any atom is -0.493 e. The number of carbonyl (C=O) groups is 1. The summed E-state index contributed by atoms with van der Waals surface area (Å²) in [5.41, 5.74) is -0.688. The lowest BCUT2D eigenvalue weighted by Gasteiger charge is -2.17. The van der Waals surface area contributed by atoms with Gasteiger partial charge in [0.15, 0.2) is 22.9 Å². The third-order valence-corrected chi connectivity index (χ3v) is 4.64. The molecule has 2 aromatic carbocycles. The molecule has 0 unspecified atom stereocenters. The normalized spacial score (nSPS) is 11.2. The number of ether oxygens (including phenoxy) is 3. The van der Waals surface area contributed by atoms with E-state index in [0.29, 0.717) is 11.5 Å². The van der Waals surface area contributed by atoms with Gasteiger partial charge in [0.05, 0.1) is 38.2 Å².